The number of carboxylic acid groups (broad SMARTS) is 1. The van der Waals surface area contributed by atoms with Gasteiger partial charge in [-0.3, -0.25) is 9.59 Å². The molecule has 0 aromatic carbocycles. The predicted molar refractivity (Wildman–Crippen MR) is 74.0 cm³/mol. The first kappa shape index (κ1) is 16.0. The summed E-state index contributed by atoms with van der Waals surface area (Å²) in [5.74, 6) is -0.862. The van der Waals surface area contributed by atoms with Crippen molar-refractivity contribution in [2.45, 2.75) is 39.5 Å². The van der Waals surface area contributed by atoms with E-state index < -0.39 is 11.4 Å². The van der Waals surface area contributed by atoms with Crippen LogP contribution in [0.1, 0.15) is 39.5 Å². The summed E-state index contributed by atoms with van der Waals surface area (Å²) in [6.45, 7) is 7.01. The molecular formula is C14H26N2O3. The molecule has 0 bridgehead atoms. The van der Waals surface area contributed by atoms with Crippen LogP contribution in [-0.2, 0) is 9.59 Å². The van der Waals surface area contributed by atoms with Gasteiger partial charge in [0.1, 0.15) is 0 Å². The van der Waals surface area contributed by atoms with Gasteiger partial charge in [-0.05, 0) is 32.9 Å². The number of hydrogen-bond acceptors (Lipinski definition) is 3. The molecule has 0 aromatic heterocycles. The van der Waals surface area contributed by atoms with Gasteiger partial charge in [0, 0.05) is 26.1 Å². The van der Waals surface area contributed by atoms with Gasteiger partial charge in [0.15, 0.2) is 0 Å². The number of carboxylic acids is 1. The highest BCUT2D eigenvalue weighted by molar-refractivity contribution is 5.85. The zero-order valence-electron chi connectivity index (χ0n) is 12.3. The first-order chi connectivity index (χ1) is 8.95. The van der Waals surface area contributed by atoms with Crippen molar-refractivity contribution in [3.8, 4) is 0 Å². The van der Waals surface area contributed by atoms with Crippen LogP contribution >= 0.6 is 0 Å². The van der Waals surface area contributed by atoms with Crippen molar-refractivity contribution in [1.29, 1.82) is 0 Å². The average Bonchev–Trinajstić information content (AvgIpc) is 2.60. The lowest BCUT2D eigenvalue weighted by atomic mass is 9.79. The van der Waals surface area contributed by atoms with Crippen molar-refractivity contribution < 1.29 is 14.7 Å². The fourth-order valence-corrected chi connectivity index (χ4v) is 2.58. The van der Waals surface area contributed by atoms with E-state index in [4.69, 9.17) is 0 Å². The minimum absolute atomic E-state index is 0.0126. The van der Waals surface area contributed by atoms with Crippen molar-refractivity contribution in [2.24, 2.45) is 5.41 Å². The molecule has 0 atom stereocenters. The van der Waals surface area contributed by atoms with Gasteiger partial charge >= 0.3 is 5.97 Å². The van der Waals surface area contributed by atoms with E-state index in [0.29, 0.717) is 19.4 Å². The van der Waals surface area contributed by atoms with Crippen molar-refractivity contribution in [3.05, 3.63) is 0 Å². The maximum absolute atomic E-state index is 12.3. The summed E-state index contributed by atoms with van der Waals surface area (Å²) in [6, 6.07) is 0. The number of carbonyl (C=O) groups is 2. The molecule has 0 aromatic rings. The van der Waals surface area contributed by atoms with E-state index in [2.05, 4.69) is 4.90 Å². The molecule has 0 aliphatic carbocycles. The molecule has 0 saturated carbocycles. The van der Waals surface area contributed by atoms with Gasteiger partial charge in [-0.1, -0.05) is 13.8 Å². The summed E-state index contributed by atoms with van der Waals surface area (Å²) in [7, 11) is 2.05. The van der Waals surface area contributed by atoms with Crippen LogP contribution in [0.2, 0.25) is 0 Å². The van der Waals surface area contributed by atoms with E-state index >= 15 is 0 Å². The Kier molecular flexibility index (Phi) is 5.79. The standard InChI is InChI=1S/C14H26N2O3/c1-4-14(5-2,13(18)19)11-12(17)16-8-6-7-15(3)9-10-16/h4-11H2,1-3H3,(H,18,19). The molecular weight excluding hydrogens is 244 g/mol. The minimum atomic E-state index is -0.894. The smallest absolute Gasteiger partial charge is 0.310 e. The second-order valence-electron chi connectivity index (χ2n) is 5.51. The minimum Gasteiger partial charge on any atom is -0.481 e. The number of rotatable bonds is 5. The number of carbonyl (C=O) groups excluding carboxylic acids is 1. The Morgan fingerprint density at radius 3 is 2.26 bits per heavy atom. The Balaban J connectivity index is 2.69. The molecule has 1 aliphatic rings. The summed E-state index contributed by atoms with van der Waals surface area (Å²) in [5.41, 5.74) is -0.894. The van der Waals surface area contributed by atoms with Crippen molar-refractivity contribution in [3.63, 3.8) is 0 Å². The van der Waals surface area contributed by atoms with E-state index in [1.807, 2.05) is 25.8 Å². The number of hydrogen-bond donors (Lipinski definition) is 1. The molecule has 19 heavy (non-hydrogen) atoms. The Morgan fingerprint density at radius 2 is 1.74 bits per heavy atom. The Bertz CT molecular complexity index is 327. The maximum Gasteiger partial charge on any atom is 0.310 e. The van der Waals surface area contributed by atoms with Crippen LogP contribution in [0.15, 0.2) is 0 Å². The van der Waals surface area contributed by atoms with Gasteiger partial charge in [-0.25, -0.2) is 0 Å². The topological polar surface area (TPSA) is 60.9 Å². The summed E-state index contributed by atoms with van der Waals surface area (Å²) >= 11 is 0. The largest absolute Gasteiger partial charge is 0.481 e. The van der Waals surface area contributed by atoms with Crippen molar-refractivity contribution in [1.82, 2.24) is 9.80 Å². The molecule has 1 amide bonds. The number of amides is 1. The fraction of sp³-hybridized carbons (Fsp3) is 0.857. The molecule has 110 valence electrons. The van der Waals surface area contributed by atoms with E-state index in [0.717, 1.165) is 26.1 Å². The maximum atomic E-state index is 12.3. The predicted octanol–water partition coefficient (Wildman–Crippen LogP) is 1.43. The highest BCUT2D eigenvalue weighted by Gasteiger charge is 2.38. The fourth-order valence-electron chi connectivity index (χ4n) is 2.58. The number of likely N-dealkylation sites (N-methyl/N-ethyl adjacent to an activating group) is 1. The third kappa shape index (κ3) is 3.93. The Morgan fingerprint density at radius 1 is 1.11 bits per heavy atom. The molecule has 1 aliphatic heterocycles. The number of aliphatic carboxylic acids is 1. The van der Waals surface area contributed by atoms with Crippen LogP contribution < -0.4 is 0 Å². The van der Waals surface area contributed by atoms with E-state index in [9.17, 15) is 14.7 Å². The molecule has 1 rings (SSSR count). The molecule has 0 spiro atoms. The summed E-state index contributed by atoms with van der Waals surface area (Å²) in [4.78, 5) is 27.8. The third-order valence-electron chi connectivity index (χ3n) is 4.37. The van der Waals surface area contributed by atoms with Gasteiger partial charge in [-0.2, -0.15) is 0 Å². The van der Waals surface area contributed by atoms with Crippen LogP contribution in [0, 0.1) is 5.41 Å². The molecule has 0 unspecified atom stereocenters. The van der Waals surface area contributed by atoms with Crippen LogP contribution in [0.25, 0.3) is 0 Å². The van der Waals surface area contributed by atoms with E-state index in [1.54, 1.807) is 0 Å². The van der Waals surface area contributed by atoms with Gasteiger partial charge in [0.05, 0.1) is 5.41 Å². The van der Waals surface area contributed by atoms with Crippen LogP contribution in [0.3, 0.4) is 0 Å². The molecule has 1 N–H and O–H groups in total. The van der Waals surface area contributed by atoms with Gasteiger partial charge in [0.25, 0.3) is 0 Å². The first-order valence-electron chi connectivity index (χ1n) is 7.15. The Labute approximate surface area is 115 Å². The Hall–Kier alpha value is -1.10. The quantitative estimate of drug-likeness (QED) is 0.821. The number of nitrogens with zero attached hydrogens (tertiary/aromatic N) is 2. The molecule has 1 saturated heterocycles. The van der Waals surface area contributed by atoms with Gasteiger partial charge in [0.2, 0.25) is 5.91 Å². The van der Waals surface area contributed by atoms with Crippen LogP contribution in [0.4, 0.5) is 0 Å². The normalized spacial score (nSPS) is 18.2. The molecule has 1 heterocycles. The van der Waals surface area contributed by atoms with Crippen LogP contribution in [0.5, 0.6) is 0 Å². The van der Waals surface area contributed by atoms with Gasteiger partial charge < -0.3 is 14.9 Å². The van der Waals surface area contributed by atoms with Crippen molar-refractivity contribution in [2.75, 3.05) is 33.2 Å². The van der Waals surface area contributed by atoms with Crippen molar-refractivity contribution >= 4 is 11.9 Å². The lowest BCUT2D eigenvalue weighted by Gasteiger charge is -2.29. The summed E-state index contributed by atoms with van der Waals surface area (Å²) < 4.78 is 0. The highest BCUT2D eigenvalue weighted by Crippen LogP contribution is 2.31. The second kappa shape index (κ2) is 6.89. The lowest BCUT2D eigenvalue weighted by molar-refractivity contribution is -0.154. The third-order valence-corrected chi connectivity index (χ3v) is 4.37. The first-order valence-corrected chi connectivity index (χ1v) is 7.15. The molecule has 1 fully saturated rings. The molecule has 5 heteroatoms. The zero-order valence-corrected chi connectivity index (χ0v) is 12.3. The van der Waals surface area contributed by atoms with Gasteiger partial charge in [-0.15, -0.1) is 0 Å². The SMILES string of the molecule is CCC(CC)(CC(=O)N1CCCN(C)CC1)C(=O)O. The monoisotopic (exact) mass is 270 g/mol. The summed E-state index contributed by atoms with van der Waals surface area (Å²) in [6.07, 6.45) is 2.08. The van der Waals surface area contributed by atoms with E-state index in [1.165, 1.54) is 0 Å². The molecule has 0 radical (unpaired) electrons. The van der Waals surface area contributed by atoms with E-state index in [-0.39, 0.29) is 12.3 Å². The summed E-state index contributed by atoms with van der Waals surface area (Å²) in [5, 5.41) is 9.39. The zero-order chi connectivity index (χ0) is 14.5. The average molecular weight is 270 g/mol. The second-order valence-corrected chi connectivity index (χ2v) is 5.51. The molecule has 5 nitrogen and oxygen atoms in total. The van der Waals surface area contributed by atoms with Crippen LogP contribution in [-0.4, -0.2) is 60.0 Å². The highest BCUT2D eigenvalue weighted by atomic mass is 16.4. The lowest BCUT2D eigenvalue weighted by Crippen LogP contribution is -2.40.